The lowest BCUT2D eigenvalue weighted by Crippen LogP contribution is -2.50. The minimum atomic E-state index is -4.54. The van der Waals surface area contributed by atoms with Crippen LogP contribution in [0.4, 0.5) is 23.2 Å². The molecule has 2 aromatic rings. The summed E-state index contributed by atoms with van der Waals surface area (Å²) in [5.41, 5.74) is 0.715. The van der Waals surface area contributed by atoms with Crippen molar-refractivity contribution in [1.82, 2.24) is 20.0 Å². The number of aryl methyl sites for hydroxylation is 1. The van der Waals surface area contributed by atoms with Crippen LogP contribution in [0.3, 0.4) is 0 Å². The molecular weight excluding hydrogens is 518 g/mol. The summed E-state index contributed by atoms with van der Waals surface area (Å²) in [5, 5.41) is 9.51. The van der Waals surface area contributed by atoms with Crippen LogP contribution in [0.2, 0.25) is 0 Å². The Morgan fingerprint density at radius 2 is 1.85 bits per heavy atom. The Bertz CT molecular complexity index is 1210. The molecule has 1 unspecified atom stereocenters. The Morgan fingerprint density at radius 3 is 2.44 bits per heavy atom. The number of nitrogens with one attached hydrogen (secondary N) is 2. The van der Waals surface area contributed by atoms with Crippen molar-refractivity contribution < 1.29 is 31.9 Å². The fraction of sp³-hybridized carbons (Fsp3) is 0.556. The first-order valence-electron chi connectivity index (χ1n) is 13.1. The smallest absolute Gasteiger partial charge is 0.339 e. The van der Waals surface area contributed by atoms with Crippen molar-refractivity contribution in [2.75, 3.05) is 18.9 Å². The molecule has 212 valence electrons. The Morgan fingerprint density at radius 1 is 1.15 bits per heavy atom. The summed E-state index contributed by atoms with van der Waals surface area (Å²) in [6.45, 7) is 0.917. The maximum atomic E-state index is 14.9. The number of alkyl halides is 3. The van der Waals surface area contributed by atoms with Crippen LogP contribution >= 0.6 is 0 Å². The zero-order valence-corrected chi connectivity index (χ0v) is 22.0. The second kappa shape index (κ2) is 11.4. The van der Waals surface area contributed by atoms with Gasteiger partial charge in [-0.3, -0.25) is 19.1 Å². The fourth-order valence-electron chi connectivity index (χ4n) is 5.30. The average molecular weight is 552 g/mol. The third kappa shape index (κ3) is 7.15. The van der Waals surface area contributed by atoms with E-state index >= 15 is 0 Å². The van der Waals surface area contributed by atoms with Crippen LogP contribution in [-0.4, -0.2) is 58.2 Å². The Labute approximate surface area is 224 Å². The van der Waals surface area contributed by atoms with Crippen LogP contribution in [-0.2, 0) is 22.6 Å². The molecule has 8 nitrogen and oxygen atoms in total. The van der Waals surface area contributed by atoms with Gasteiger partial charge in [-0.2, -0.15) is 18.3 Å². The lowest BCUT2D eigenvalue weighted by molar-refractivity contribution is -0.157. The van der Waals surface area contributed by atoms with Gasteiger partial charge in [-0.1, -0.05) is 6.07 Å². The van der Waals surface area contributed by atoms with Gasteiger partial charge in [-0.25, -0.2) is 4.39 Å². The number of aromatic nitrogens is 2. The first kappa shape index (κ1) is 28.6. The highest BCUT2D eigenvalue weighted by Crippen LogP contribution is 2.57. The highest BCUT2D eigenvalue weighted by molar-refractivity contribution is 6.00. The van der Waals surface area contributed by atoms with Crippen molar-refractivity contribution in [3.8, 4) is 0 Å². The van der Waals surface area contributed by atoms with Gasteiger partial charge in [0.1, 0.15) is 24.1 Å². The van der Waals surface area contributed by atoms with Crippen LogP contribution in [0.1, 0.15) is 61.5 Å². The summed E-state index contributed by atoms with van der Waals surface area (Å²) < 4.78 is 54.1. The number of nitrogens with zero attached hydrogens (tertiary/aromatic N) is 3. The van der Waals surface area contributed by atoms with Crippen molar-refractivity contribution in [2.45, 2.75) is 70.6 Å². The Kier molecular flexibility index (Phi) is 8.31. The van der Waals surface area contributed by atoms with E-state index in [0.29, 0.717) is 22.6 Å². The number of carbonyl (C=O) groups is 3. The van der Waals surface area contributed by atoms with Gasteiger partial charge in [0.15, 0.2) is 0 Å². The zero-order valence-electron chi connectivity index (χ0n) is 22.0. The van der Waals surface area contributed by atoms with E-state index in [2.05, 4.69) is 15.7 Å². The first-order chi connectivity index (χ1) is 18.4. The number of likely N-dealkylation sites (N-methyl/N-ethyl adjacent to an activating group) is 1. The largest absolute Gasteiger partial charge is 0.406 e. The van der Waals surface area contributed by atoms with E-state index in [9.17, 15) is 31.9 Å². The fourth-order valence-corrected chi connectivity index (χ4v) is 5.30. The van der Waals surface area contributed by atoms with E-state index < -0.39 is 48.7 Å². The maximum absolute atomic E-state index is 14.9. The summed E-state index contributed by atoms with van der Waals surface area (Å²) in [5.74, 6) is -2.78. The van der Waals surface area contributed by atoms with Crippen LogP contribution in [0, 0.1) is 17.2 Å². The van der Waals surface area contributed by atoms with Gasteiger partial charge in [0.25, 0.3) is 5.91 Å². The van der Waals surface area contributed by atoms with Crippen LogP contribution < -0.4 is 10.6 Å². The van der Waals surface area contributed by atoms with Crippen molar-refractivity contribution in [3.63, 3.8) is 0 Å². The Balaban J connectivity index is 1.45. The second-order valence-electron chi connectivity index (χ2n) is 10.7. The molecule has 0 radical (unpaired) electrons. The molecule has 1 aromatic heterocycles. The van der Waals surface area contributed by atoms with Gasteiger partial charge in [-0.05, 0) is 80.5 Å². The van der Waals surface area contributed by atoms with E-state index in [0.717, 1.165) is 38.8 Å². The normalized spacial score (nSPS) is 17.5. The van der Waals surface area contributed by atoms with Crippen LogP contribution in [0.5, 0.6) is 0 Å². The standard InChI is InChI=1S/C27H33F4N5O3/c1-3-36-21(8-13-32-36)24(38)34-23(18-6-9-26(10-7-18)11-12-26)25(39)33-20-5-4-17(14-19(20)28)15-22(37)35(2)16-27(29,30)31/h4-5,8,13-14,18,23H,3,6-7,9-12,15-16H2,1-2H3,(H,33,39)(H,34,38). The van der Waals surface area contributed by atoms with E-state index in [1.165, 1.54) is 35.9 Å². The number of hydrogen-bond acceptors (Lipinski definition) is 4. The molecule has 2 aliphatic rings. The van der Waals surface area contributed by atoms with Crippen molar-refractivity contribution in [2.24, 2.45) is 11.3 Å². The monoisotopic (exact) mass is 551 g/mol. The zero-order chi connectivity index (χ0) is 28.4. The Hall–Kier alpha value is -3.44. The predicted octanol–water partition coefficient (Wildman–Crippen LogP) is 4.31. The molecule has 4 rings (SSSR count). The molecule has 1 heterocycles. The quantitative estimate of drug-likeness (QED) is 0.454. The third-order valence-corrected chi connectivity index (χ3v) is 7.83. The van der Waals surface area contributed by atoms with Gasteiger partial charge in [0.05, 0.1) is 12.1 Å². The lowest BCUT2D eigenvalue weighted by Gasteiger charge is -2.33. The minimum absolute atomic E-state index is 0.123. The molecule has 2 saturated carbocycles. The lowest BCUT2D eigenvalue weighted by atomic mass is 9.76. The number of anilines is 1. The summed E-state index contributed by atoms with van der Waals surface area (Å²) >= 11 is 0. The SMILES string of the molecule is CCn1nccc1C(=O)NC(C(=O)Nc1ccc(CC(=O)N(C)CC(F)(F)F)cc1F)C1CCC2(CC1)CC2. The molecule has 1 aromatic carbocycles. The summed E-state index contributed by atoms with van der Waals surface area (Å²) in [6.07, 6.45) is 2.40. The molecule has 12 heteroatoms. The number of amides is 3. The van der Waals surface area contributed by atoms with Crippen molar-refractivity contribution in [1.29, 1.82) is 0 Å². The van der Waals surface area contributed by atoms with E-state index in [4.69, 9.17) is 0 Å². The van der Waals surface area contributed by atoms with Gasteiger partial charge in [-0.15, -0.1) is 0 Å². The number of rotatable bonds is 9. The van der Waals surface area contributed by atoms with Crippen molar-refractivity contribution >= 4 is 23.4 Å². The third-order valence-electron chi connectivity index (χ3n) is 7.83. The molecule has 0 saturated heterocycles. The molecule has 2 N–H and O–H groups in total. The molecule has 1 atom stereocenters. The molecular formula is C27H33F4N5O3. The van der Waals surface area contributed by atoms with E-state index in [1.54, 1.807) is 6.07 Å². The summed E-state index contributed by atoms with van der Waals surface area (Å²) in [7, 11) is 1.03. The van der Waals surface area contributed by atoms with Gasteiger partial charge in [0.2, 0.25) is 11.8 Å². The number of benzene rings is 1. The molecule has 2 aliphatic carbocycles. The van der Waals surface area contributed by atoms with Crippen molar-refractivity contribution in [3.05, 3.63) is 47.5 Å². The van der Waals surface area contributed by atoms with E-state index in [1.807, 2.05) is 6.92 Å². The topological polar surface area (TPSA) is 96.3 Å². The number of halogens is 4. The minimum Gasteiger partial charge on any atom is -0.339 e. The van der Waals surface area contributed by atoms with Gasteiger partial charge < -0.3 is 15.5 Å². The van der Waals surface area contributed by atoms with Crippen LogP contribution in [0.15, 0.2) is 30.5 Å². The first-order valence-corrected chi connectivity index (χ1v) is 13.1. The molecule has 0 bridgehead atoms. The molecule has 3 amide bonds. The predicted molar refractivity (Wildman–Crippen MR) is 135 cm³/mol. The molecule has 1 spiro atoms. The van der Waals surface area contributed by atoms with Gasteiger partial charge in [0, 0.05) is 19.8 Å². The van der Waals surface area contributed by atoms with Crippen LogP contribution in [0.25, 0.3) is 0 Å². The highest BCUT2D eigenvalue weighted by atomic mass is 19.4. The maximum Gasteiger partial charge on any atom is 0.406 e. The molecule has 39 heavy (non-hydrogen) atoms. The summed E-state index contributed by atoms with van der Waals surface area (Å²) in [4.78, 5) is 39.1. The van der Waals surface area contributed by atoms with E-state index in [-0.39, 0.29) is 17.2 Å². The van der Waals surface area contributed by atoms with Gasteiger partial charge >= 0.3 is 6.18 Å². The average Bonchev–Trinajstić information content (AvgIpc) is 3.44. The summed E-state index contributed by atoms with van der Waals surface area (Å²) in [6, 6.07) is 4.33. The second-order valence-corrected chi connectivity index (χ2v) is 10.7. The molecule has 2 fully saturated rings. The highest BCUT2D eigenvalue weighted by Gasteiger charge is 2.47. The number of carbonyl (C=O) groups excluding carboxylic acids is 3. The molecule has 0 aliphatic heterocycles. The number of hydrogen-bond donors (Lipinski definition) is 2.